The van der Waals surface area contributed by atoms with E-state index >= 15 is 0 Å². The summed E-state index contributed by atoms with van der Waals surface area (Å²) in [5.74, 6) is -1.53. The van der Waals surface area contributed by atoms with E-state index in [0.29, 0.717) is 17.7 Å². The van der Waals surface area contributed by atoms with Crippen molar-refractivity contribution in [2.45, 2.75) is 56.6 Å². The van der Waals surface area contributed by atoms with Gasteiger partial charge in [0.05, 0.1) is 32.8 Å². The minimum absolute atomic E-state index is 0. The van der Waals surface area contributed by atoms with Crippen LogP contribution in [0.15, 0.2) is 36.4 Å². The van der Waals surface area contributed by atoms with Crippen LogP contribution >= 0.6 is 15.9 Å². The summed E-state index contributed by atoms with van der Waals surface area (Å²) in [5.41, 5.74) is 2.98. The number of hydrogen-bond acceptors (Lipinski definition) is 6. The van der Waals surface area contributed by atoms with Gasteiger partial charge in [0.2, 0.25) is 0 Å². The molecule has 0 radical (unpaired) electrons. The second-order valence-corrected chi connectivity index (χ2v) is 9.17. The summed E-state index contributed by atoms with van der Waals surface area (Å²) in [6.45, 7) is 1.42. The lowest BCUT2D eigenvalue weighted by Gasteiger charge is -2.17. The molecule has 2 fully saturated rings. The first-order valence-corrected chi connectivity index (χ1v) is 12.3. The Bertz CT molecular complexity index is 1020. The predicted octanol–water partition coefficient (Wildman–Crippen LogP) is 6.32. The predicted molar refractivity (Wildman–Crippen MR) is 135 cm³/mol. The van der Waals surface area contributed by atoms with Crippen molar-refractivity contribution >= 4 is 27.9 Å². The van der Waals surface area contributed by atoms with Crippen LogP contribution in [0.4, 0.5) is 8.78 Å². The van der Waals surface area contributed by atoms with Crippen LogP contribution in [0.1, 0.15) is 72.4 Å². The fourth-order valence-corrected chi connectivity index (χ4v) is 4.79. The van der Waals surface area contributed by atoms with Crippen LogP contribution in [0, 0.1) is 11.6 Å². The minimum atomic E-state index is -0.669. The van der Waals surface area contributed by atoms with Crippen molar-refractivity contribution in [3.05, 3.63) is 70.3 Å². The first kappa shape index (κ1) is 29.9. The van der Waals surface area contributed by atoms with Crippen molar-refractivity contribution in [3.63, 3.8) is 0 Å². The van der Waals surface area contributed by atoms with Crippen LogP contribution in [0.3, 0.4) is 0 Å². The van der Waals surface area contributed by atoms with Gasteiger partial charge >= 0.3 is 11.9 Å². The molecule has 3 unspecified atom stereocenters. The van der Waals surface area contributed by atoms with E-state index < -0.39 is 10.8 Å². The molecule has 2 aromatic rings. The molecule has 0 aromatic heterocycles. The van der Waals surface area contributed by atoms with Crippen LogP contribution in [0.5, 0.6) is 0 Å². The zero-order valence-electron chi connectivity index (χ0n) is 19.7. The highest BCUT2D eigenvalue weighted by molar-refractivity contribution is 9.09. The van der Waals surface area contributed by atoms with Crippen molar-refractivity contribution in [3.8, 4) is 0 Å². The van der Waals surface area contributed by atoms with Crippen molar-refractivity contribution in [1.82, 2.24) is 0 Å². The van der Waals surface area contributed by atoms with E-state index in [1.54, 1.807) is 12.1 Å². The minimum Gasteiger partial charge on any atom is -0.469 e. The second kappa shape index (κ2) is 14.4. The van der Waals surface area contributed by atoms with Gasteiger partial charge < -0.3 is 18.9 Å². The maximum atomic E-state index is 13.3. The molecule has 36 heavy (non-hydrogen) atoms. The molecule has 3 atom stereocenters. The highest BCUT2D eigenvalue weighted by Gasteiger charge is 2.27. The molecule has 0 amide bonds. The van der Waals surface area contributed by atoms with E-state index in [9.17, 15) is 18.4 Å². The highest BCUT2D eigenvalue weighted by Crippen LogP contribution is 2.37. The standard InChI is InChI=1S/C13H14BrFO3.C13H15FO3.CH4/c1-17-13(16)12(14)10-7-8(15)4-5-9(10)11-3-2-6-18-11;1-16-13(15)8-9-7-10(14)4-5-11(9)12-3-2-6-17-12;/h4-5,7,11-12H,2-3,6H2,1H3;4-5,7,12H,2-3,6,8H2,1H3;1H4. The van der Waals surface area contributed by atoms with Crippen molar-refractivity contribution in [1.29, 1.82) is 0 Å². The third-order valence-electron chi connectivity index (χ3n) is 5.95. The van der Waals surface area contributed by atoms with Crippen LogP contribution in [0.25, 0.3) is 0 Å². The molecule has 4 rings (SSSR count). The van der Waals surface area contributed by atoms with E-state index in [1.165, 1.54) is 38.5 Å². The van der Waals surface area contributed by atoms with Gasteiger partial charge in [-0.2, -0.15) is 0 Å². The molecule has 2 heterocycles. The van der Waals surface area contributed by atoms with Crippen LogP contribution in [-0.2, 0) is 35.0 Å². The average molecular weight is 571 g/mol. The third kappa shape index (κ3) is 7.82. The van der Waals surface area contributed by atoms with Gasteiger partial charge in [0, 0.05) is 13.2 Å². The van der Waals surface area contributed by atoms with Gasteiger partial charge in [0.15, 0.2) is 0 Å². The molecule has 0 aliphatic carbocycles. The quantitative estimate of drug-likeness (QED) is 0.299. The molecule has 198 valence electrons. The Hall–Kier alpha value is -2.36. The van der Waals surface area contributed by atoms with Crippen molar-refractivity contribution < 1.29 is 37.3 Å². The SMILES string of the molecule is C.COC(=O)C(Br)c1cc(F)ccc1C1CCCO1.COC(=O)Cc1cc(F)ccc1C1CCCO1. The molecule has 2 aromatic carbocycles. The maximum Gasteiger partial charge on any atom is 0.324 e. The van der Waals surface area contributed by atoms with Gasteiger partial charge in [-0.05, 0) is 72.2 Å². The van der Waals surface area contributed by atoms with Crippen LogP contribution in [-0.4, -0.2) is 39.4 Å². The average Bonchev–Trinajstić information content (AvgIpc) is 3.58. The molecule has 6 nitrogen and oxygen atoms in total. The lowest BCUT2D eigenvalue weighted by molar-refractivity contribution is -0.140. The largest absolute Gasteiger partial charge is 0.469 e. The summed E-state index contributed by atoms with van der Waals surface area (Å²) in [7, 11) is 2.63. The van der Waals surface area contributed by atoms with E-state index in [-0.39, 0.29) is 43.7 Å². The number of halogens is 3. The maximum absolute atomic E-state index is 13.3. The number of carbonyl (C=O) groups excluding carboxylic acids is 2. The van der Waals surface area contributed by atoms with Crippen molar-refractivity contribution in [2.75, 3.05) is 27.4 Å². The van der Waals surface area contributed by atoms with E-state index in [4.69, 9.17) is 9.47 Å². The Balaban J connectivity index is 0.000000247. The lowest BCUT2D eigenvalue weighted by atomic mass is 9.98. The summed E-state index contributed by atoms with van der Waals surface area (Å²) in [6.07, 6.45) is 3.79. The number of benzene rings is 2. The van der Waals surface area contributed by atoms with E-state index in [0.717, 1.165) is 43.4 Å². The number of hydrogen-bond donors (Lipinski definition) is 0. The monoisotopic (exact) mass is 570 g/mol. The molecule has 2 aliphatic rings. The Morgan fingerprint density at radius 3 is 2.03 bits per heavy atom. The zero-order valence-corrected chi connectivity index (χ0v) is 21.3. The number of esters is 2. The number of ether oxygens (including phenoxy) is 4. The molecule has 0 N–H and O–H groups in total. The molecule has 9 heteroatoms. The third-order valence-corrected chi connectivity index (χ3v) is 6.82. The first-order valence-electron chi connectivity index (χ1n) is 11.4. The molecule has 0 spiro atoms. The Labute approximate surface area is 219 Å². The summed E-state index contributed by atoms with van der Waals surface area (Å²) in [6, 6.07) is 8.90. The topological polar surface area (TPSA) is 71.1 Å². The van der Waals surface area contributed by atoms with Crippen molar-refractivity contribution in [2.24, 2.45) is 0 Å². The summed E-state index contributed by atoms with van der Waals surface area (Å²) in [5, 5.41) is 0. The number of alkyl halides is 1. The van der Waals surface area contributed by atoms with Gasteiger partial charge in [0.25, 0.3) is 0 Å². The zero-order chi connectivity index (χ0) is 25.4. The van der Waals surface area contributed by atoms with Crippen LogP contribution < -0.4 is 0 Å². The summed E-state index contributed by atoms with van der Waals surface area (Å²) >= 11 is 3.25. The molecular weight excluding hydrogens is 538 g/mol. The van der Waals surface area contributed by atoms with Crippen LogP contribution in [0.2, 0.25) is 0 Å². The molecular formula is C27H33BrF2O6. The van der Waals surface area contributed by atoms with Gasteiger partial charge in [-0.25, -0.2) is 8.78 Å². The summed E-state index contributed by atoms with van der Waals surface area (Å²) in [4.78, 5) is 22.2. The Morgan fingerprint density at radius 1 is 0.944 bits per heavy atom. The van der Waals surface area contributed by atoms with Gasteiger partial charge in [-0.1, -0.05) is 35.5 Å². The number of rotatable bonds is 6. The Morgan fingerprint density at radius 2 is 1.50 bits per heavy atom. The highest BCUT2D eigenvalue weighted by atomic mass is 79.9. The fourth-order valence-electron chi connectivity index (χ4n) is 4.20. The molecule has 0 bridgehead atoms. The molecule has 0 saturated carbocycles. The fraction of sp³-hybridized carbons (Fsp3) is 0.481. The Kier molecular flexibility index (Phi) is 11.9. The second-order valence-electron chi connectivity index (χ2n) is 8.26. The van der Waals surface area contributed by atoms with Gasteiger partial charge in [-0.15, -0.1) is 0 Å². The molecule has 2 saturated heterocycles. The molecule has 2 aliphatic heterocycles. The number of carbonyl (C=O) groups is 2. The first-order chi connectivity index (χ1) is 16.8. The van der Waals surface area contributed by atoms with E-state index in [1.807, 2.05) is 0 Å². The van der Waals surface area contributed by atoms with Gasteiger partial charge in [0.1, 0.15) is 16.5 Å². The van der Waals surface area contributed by atoms with Gasteiger partial charge in [-0.3, -0.25) is 9.59 Å². The normalized spacial score (nSPS) is 19.5. The number of methoxy groups -OCH3 is 2. The van der Waals surface area contributed by atoms with E-state index in [2.05, 4.69) is 25.4 Å². The summed E-state index contributed by atoms with van der Waals surface area (Å²) < 4.78 is 47.0. The smallest absolute Gasteiger partial charge is 0.324 e. The lowest BCUT2D eigenvalue weighted by Crippen LogP contribution is -2.12.